The highest BCUT2D eigenvalue weighted by Crippen LogP contribution is 2.40. The van der Waals surface area contributed by atoms with Gasteiger partial charge >= 0.3 is 0 Å². The maximum Gasteiger partial charge on any atom is 0.290 e. The number of hydrogen-bond donors (Lipinski definition) is 1. The lowest BCUT2D eigenvalue weighted by Gasteiger charge is -2.27. The van der Waals surface area contributed by atoms with Crippen LogP contribution in [0.1, 0.15) is 48.3 Å². The molecule has 0 radical (unpaired) electrons. The lowest BCUT2D eigenvalue weighted by atomic mass is 9.94. The monoisotopic (exact) mass is 357 g/mol. The van der Waals surface area contributed by atoms with Crippen LogP contribution in [0.5, 0.6) is 0 Å². The number of carbonyl (C=O) groups excluding carboxylic acids is 2. The van der Waals surface area contributed by atoms with E-state index in [0.29, 0.717) is 13.0 Å². The van der Waals surface area contributed by atoms with E-state index in [-0.39, 0.29) is 16.9 Å². The number of amides is 1. The van der Waals surface area contributed by atoms with Gasteiger partial charge in [-0.1, -0.05) is 38.0 Å². The SMILES string of the molecule is CCCCCN1C(=O)C(O)=C(C(=O)c2ccco2)C1c1ccccc1F. The van der Waals surface area contributed by atoms with Gasteiger partial charge in [0, 0.05) is 12.1 Å². The number of nitrogens with zero attached hydrogens (tertiary/aromatic N) is 1. The van der Waals surface area contributed by atoms with Gasteiger partial charge in [0.15, 0.2) is 11.5 Å². The minimum Gasteiger partial charge on any atom is -0.503 e. The van der Waals surface area contributed by atoms with Crippen molar-refractivity contribution in [1.82, 2.24) is 4.90 Å². The molecule has 1 atom stereocenters. The molecule has 6 heteroatoms. The molecule has 1 N–H and O–H groups in total. The number of ketones is 1. The maximum absolute atomic E-state index is 14.5. The van der Waals surface area contributed by atoms with Crippen LogP contribution in [-0.4, -0.2) is 28.2 Å². The van der Waals surface area contributed by atoms with Crippen molar-refractivity contribution in [3.63, 3.8) is 0 Å². The topological polar surface area (TPSA) is 70.8 Å². The lowest BCUT2D eigenvalue weighted by Crippen LogP contribution is -2.32. The summed E-state index contributed by atoms with van der Waals surface area (Å²) in [5, 5.41) is 10.4. The second-order valence-electron chi connectivity index (χ2n) is 6.20. The number of halogens is 1. The number of carbonyl (C=O) groups is 2. The van der Waals surface area contributed by atoms with Gasteiger partial charge in [-0.25, -0.2) is 4.39 Å². The zero-order chi connectivity index (χ0) is 18.7. The summed E-state index contributed by atoms with van der Waals surface area (Å²) in [6.45, 7) is 2.35. The predicted octanol–water partition coefficient (Wildman–Crippen LogP) is 4.19. The molecule has 136 valence electrons. The summed E-state index contributed by atoms with van der Waals surface area (Å²) in [6.07, 6.45) is 3.86. The van der Waals surface area contributed by atoms with E-state index in [2.05, 4.69) is 0 Å². The molecule has 1 aliphatic rings. The van der Waals surface area contributed by atoms with Crippen LogP contribution in [0.25, 0.3) is 0 Å². The number of unbranched alkanes of at least 4 members (excludes halogenated alkanes) is 2. The Morgan fingerprint density at radius 1 is 1.23 bits per heavy atom. The molecule has 5 nitrogen and oxygen atoms in total. The summed E-state index contributed by atoms with van der Waals surface area (Å²) >= 11 is 0. The number of Topliss-reactive ketones (excluding diaryl/α,β-unsaturated/α-hetero) is 1. The first kappa shape index (κ1) is 17.9. The van der Waals surface area contributed by atoms with Crippen molar-refractivity contribution in [1.29, 1.82) is 0 Å². The zero-order valence-electron chi connectivity index (χ0n) is 14.4. The van der Waals surface area contributed by atoms with Crippen LogP contribution in [0.15, 0.2) is 58.4 Å². The van der Waals surface area contributed by atoms with Crippen molar-refractivity contribution in [2.75, 3.05) is 6.54 Å². The molecule has 1 aromatic carbocycles. The minimum atomic E-state index is -0.974. The Morgan fingerprint density at radius 3 is 2.65 bits per heavy atom. The summed E-state index contributed by atoms with van der Waals surface area (Å²) < 4.78 is 19.6. The summed E-state index contributed by atoms with van der Waals surface area (Å²) in [6, 6.07) is 7.98. The van der Waals surface area contributed by atoms with E-state index >= 15 is 0 Å². The van der Waals surface area contributed by atoms with Gasteiger partial charge < -0.3 is 14.4 Å². The minimum absolute atomic E-state index is 0.00361. The molecular formula is C20H20FNO4. The Bertz CT molecular complexity index is 841. The molecule has 1 aromatic heterocycles. The van der Waals surface area contributed by atoms with E-state index in [0.717, 1.165) is 12.8 Å². The van der Waals surface area contributed by atoms with Gasteiger partial charge in [0.2, 0.25) is 5.78 Å². The van der Waals surface area contributed by atoms with Crippen molar-refractivity contribution in [3.8, 4) is 0 Å². The van der Waals surface area contributed by atoms with Gasteiger partial charge in [0.1, 0.15) is 5.82 Å². The van der Waals surface area contributed by atoms with Crippen LogP contribution >= 0.6 is 0 Å². The molecule has 2 aromatic rings. The van der Waals surface area contributed by atoms with Gasteiger partial charge in [-0.2, -0.15) is 0 Å². The molecule has 0 aliphatic carbocycles. The Balaban J connectivity index is 2.05. The second-order valence-corrected chi connectivity index (χ2v) is 6.20. The molecule has 1 amide bonds. The van der Waals surface area contributed by atoms with E-state index in [1.807, 2.05) is 6.92 Å². The van der Waals surface area contributed by atoms with E-state index in [1.54, 1.807) is 12.1 Å². The average Bonchev–Trinajstić information content (AvgIpc) is 3.25. The van der Waals surface area contributed by atoms with Crippen LogP contribution in [-0.2, 0) is 4.79 Å². The van der Waals surface area contributed by atoms with E-state index in [4.69, 9.17) is 4.42 Å². The number of hydrogen-bond acceptors (Lipinski definition) is 4. The summed E-state index contributed by atoms with van der Waals surface area (Å²) in [7, 11) is 0. The van der Waals surface area contributed by atoms with Crippen LogP contribution < -0.4 is 0 Å². The zero-order valence-corrected chi connectivity index (χ0v) is 14.4. The molecule has 0 fully saturated rings. The maximum atomic E-state index is 14.5. The number of rotatable bonds is 7. The quantitative estimate of drug-likeness (QED) is 0.596. The fourth-order valence-electron chi connectivity index (χ4n) is 3.21. The molecule has 1 aliphatic heterocycles. The Labute approximate surface area is 150 Å². The first-order valence-corrected chi connectivity index (χ1v) is 8.63. The van der Waals surface area contributed by atoms with Crippen LogP contribution in [0, 0.1) is 5.82 Å². The van der Waals surface area contributed by atoms with Crippen LogP contribution in [0.2, 0.25) is 0 Å². The molecule has 3 rings (SSSR count). The van der Waals surface area contributed by atoms with E-state index in [1.165, 1.54) is 35.4 Å². The van der Waals surface area contributed by atoms with Gasteiger partial charge in [0.05, 0.1) is 17.9 Å². The fraction of sp³-hybridized carbons (Fsp3) is 0.300. The van der Waals surface area contributed by atoms with Crippen LogP contribution in [0.3, 0.4) is 0 Å². The van der Waals surface area contributed by atoms with Crippen molar-refractivity contribution in [2.24, 2.45) is 0 Å². The van der Waals surface area contributed by atoms with Gasteiger partial charge in [-0.15, -0.1) is 0 Å². The number of aliphatic hydroxyl groups is 1. The molecule has 1 unspecified atom stereocenters. The largest absolute Gasteiger partial charge is 0.503 e. The third-order valence-corrected chi connectivity index (χ3v) is 4.50. The summed E-state index contributed by atoms with van der Waals surface area (Å²) in [4.78, 5) is 26.8. The fourth-order valence-corrected chi connectivity index (χ4v) is 3.21. The molecule has 0 saturated carbocycles. The number of aliphatic hydroxyl groups excluding tert-OH is 1. The first-order valence-electron chi connectivity index (χ1n) is 8.63. The molecular weight excluding hydrogens is 337 g/mol. The summed E-state index contributed by atoms with van der Waals surface area (Å²) in [5.41, 5.74) is 0.0304. The summed E-state index contributed by atoms with van der Waals surface area (Å²) in [5.74, 6) is -2.46. The van der Waals surface area contributed by atoms with Gasteiger partial charge in [-0.3, -0.25) is 9.59 Å². The predicted molar refractivity (Wildman–Crippen MR) is 93.1 cm³/mol. The lowest BCUT2D eigenvalue weighted by molar-refractivity contribution is -0.129. The normalized spacial score (nSPS) is 17.2. The highest BCUT2D eigenvalue weighted by molar-refractivity contribution is 6.15. The third-order valence-electron chi connectivity index (χ3n) is 4.50. The van der Waals surface area contributed by atoms with Crippen molar-refractivity contribution in [3.05, 3.63) is 71.1 Å². The second kappa shape index (κ2) is 7.56. The molecule has 0 saturated heterocycles. The highest BCUT2D eigenvalue weighted by atomic mass is 19.1. The molecule has 0 bridgehead atoms. The van der Waals surface area contributed by atoms with E-state index < -0.39 is 29.3 Å². The standard InChI is InChI=1S/C20H20FNO4/c1-2-3-6-11-22-17(13-8-4-5-9-14(13)21)16(19(24)20(22)25)18(23)15-10-7-12-26-15/h4-5,7-10,12,17,24H,2-3,6,11H2,1H3. The first-order chi connectivity index (χ1) is 12.6. The third kappa shape index (κ3) is 3.14. The number of benzene rings is 1. The molecule has 2 heterocycles. The van der Waals surface area contributed by atoms with E-state index in [9.17, 15) is 19.1 Å². The van der Waals surface area contributed by atoms with Crippen molar-refractivity contribution in [2.45, 2.75) is 32.2 Å². The number of furan rings is 1. The van der Waals surface area contributed by atoms with Crippen molar-refractivity contribution >= 4 is 11.7 Å². The molecule has 0 spiro atoms. The smallest absolute Gasteiger partial charge is 0.290 e. The van der Waals surface area contributed by atoms with Crippen LogP contribution in [0.4, 0.5) is 4.39 Å². The highest BCUT2D eigenvalue weighted by Gasteiger charge is 2.44. The van der Waals surface area contributed by atoms with Crippen molar-refractivity contribution < 1.29 is 23.5 Å². The Kier molecular flexibility index (Phi) is 5.21. The Hall–Kier alpha value is -2.89. The van der Waals surface area contributed by atoms with Gasteiger partial charge in [0.25, 0.3) is 5.91 Å². The Morgan fingerprint density at radius 2 is 2.00 bits per heavy atom. The van der Waals surface area contributed by atoms with Gasteiger partial charge in [-0.05, 0) is 24.6 Å². The average molecular weight is 357 g/mol. The molecule has 26 heavy (non-hydrogen) atoms.